The third-order valence-corrected chi connectivity index (χ3v) is 4.57. The maximum absolute atomic E-state index is 12.8. The Hall–Kier alpha value is -3.28. The number of methoxy groups -OCH3 is 2. The van der Waals surface area contributed by atoms with Crippen molar-refractivity contribution < 1.29 is 14.3 Å². The molecule has 3 aromatic rings. The number of rotatable bonds is 7. The third kappa shape index (κ3) is 3.71. The molecule has 0 saturated heterocycles. The molecule has 146 valence electrons. The topological polar surface area (TPSA) is 65.4 Å². The molecule has 0 saturated carbocycles. The minimum Gasteiger partial charge on any atom is -0.493 e. The van der Waals surface area contributed by atoms with Gasteiger partial charge >= 0.3 is 0 Å². The van der Waals surface area contributed by atoms with Crippen molar-refractivity contribution in [3.8, 4) is 11.5 Å². The maximum atomic E-state index is 12.8. The van der Waals surface area contributed by atoms with E-state index >= 15 is 0 Å². The summed E-state index contributed by atoms with van der Waals surface area (Å²) in [5, 5.41) is 2.97. The molecular formula is C22H25N3O3. The number of nitrogens with one attached hydrogen (secondary N) is 1. The van der Waals surface area contributed by atoms with E-state index in [1.165, 1.54) is 0 Å². The molecule has 0 aliphatic rings. The highest BCUT2D eigenvalue weighted by Gasteiger charge is 2.16. The number of imidazole rings is 1. The fourth-order valence-electron chi connectivity index (χ4n) is 3.30. The Morgan fingerprint density at radius 1 is 1.21 bits per heavy atom. The van der Waals surface area contributed by atoms with Gasteiger partial charge in [-0.05, 0) is 38.1 Å². The first-order valence-electron chi connectivity index (χ1n) is 9.24. The van der Waals surface area contributed by atoms with Crippen molar-refractivity contribution in [1.29, 1.82) is 0 Å². The van der Waals surface area contributed by atoms with E-state index in [4.69, 9.17) is 9.47 Å². The monoisotopic (exact) mass is 379 g/mol. The Morgan fingerprint density at radius 3 is 2.68 bits per heavy atom. The number of carbonyl (C=O) groups is 1. The summed E-state index contributed by atoms with van der Waals surface area (Å²) in [4.78, 5) is 17.4. The van der Waals surface area contributed by atoms with Crippen molar-refractivity contribution in [1.82, 2.24) is 14.9 Å². The standard InChI is InChI=1S/C22H25N3O3/c1-5-9-15-12-16(13-19(27-3)21(15)28-4)22(26)23-14-20-24-17-10-7-8-11-18(17)25(20)6-2/h5,7-13H,6,14H2,1-4H3,(H,23,26)/b9-5+. The van der Waals surface area contributed by atoms with Crippen LogP contribution in [0.3, 0.4) is 0 Å². The van der Waals surface area contributed by atoms with Gasteiger partial charge < -0.3 is 19.4 Å². The van der Waals surface area contributed by atoms with Crippen LogP contribution in [0.25, 0.3) is 17.1 Å². The molecule has 0 bridgehead atoms. The highest BCUT2D eigenvalue weighted by atomic mass is 16.5. The minimum absolute atomic E-state index is 0.193. The molecule has 28 heavy (non-hydrogen) atoms. The second kappa shape index (κ2) is 8.61. The lowest BCUT2D eigenvalue weighted by atomic mass is 10.1. The maximum Gasteiger partial charge on any atom is 0.251 e. The molecule has 0 atom stereocenters. The lowest BCUT2D eigenvalue weighted by Crippen LogP contribution is -2.25. The zero-order chi connectivity index (χ0) is 20.1. The zero-order valence-corrected chi connectivity index (χ0v) is 16.7. The van der Waals surface area contributed by atoms with Gasteiger partial charge in [-0.25, -0.2) is 4.98 Å². The second-order valence-corrected chi connectivity index (χ2v) is 6.24. The number of nitrogens with zero attached hydrogens (tertiary/aromatic N) is 2. The summed E-state index contributed by atoms with van der Waals surface area (Å²) in [6.45, 7) is 5.10. The molecule has 1 heterocycles. The van der Waals surface area contributed by atoms with Crippen molar-refractivity contribution in [2.24, 2.45) is 0 Å². The van der Waals surface area contributed by atoms with Gasteiger partial charge in [0.05, 0.1) is 31.8 Å². The van der Waals surface area contributed by atoms with Gasteiger partial charge in [-0.15, -0.1) is 0 Å². The van der Waals surface area contributed by atoms with Crippen molar-refractivity contribution >= 4 is 23.0 Å². The normalized spacial score (nSPS) is 11.1. The Balaban J connectivity index is 1.87. The molecule has 1 aromatic heterocycles. The van der Waals surface area contributed by atoms with Crippen LogP contribution in [-0.2, 0) is 13.1 Å². The molecule has 0 aliphatic carbocycles. The number of allylic oxidation sites excluding steroid dienone is 1. The number of hydrogen-bond donors (Lipinski definition) is 1. The van der Waals surface area contributed by atoms with Crippen LogP contribution in [0.2, 0.25) is 0 Å². The van der Waals surface area contributed by atoms with E-state index in [0.29, 0.717) is 23.6 Å². The summed E-state index contributed by atoms with van der Waals surface area (Å²) < 4.78 is 12.9. The third-order valence-electron chi connectivity index (χ3n) is 4.57. The van der Waals surface area contributed by atoms with Crippen molar-refractivity contribution in [3.63, 3.8) is 0 Å². The van der Waals surface area contributed by atoms with E-state index in [0.717, 1.165) is 29.0 Å². The first-order chi connectivity index (χ1) is 13.6. The van der Waals surface area contributed by atoms with Gasteiger partial charge in [0.2, 0.25) is 0 Å². The van der Waals surface area contributed by atoms with Gasteiger partial charge in [0.15, 0.2) is 11.5 Å². The van der Waals surface area contributed by atoms with Gasteiger partial charge in [0.25, 0.3) is 5.91 Å². The average molecular weight is 379 g/mol. The van der Waals surface area contributed by atoms with Crippen LogP contribution in [0.5, 0.6) is 11.5 Å². The van der Waals surface area contributed by atoms with E-state index in [1.54, 1.807) is 26.4 Å². The average Bonchev–Trinajstić information content (AvgIpc) is 3.09. The number of fused-ring (bicyclic) bond motifs is 1. The number of aromatic nitrogens is 2. The van der Waals surface area contributed by atoms with Crippen LogP contribution in [0.15, 0.2) is 42.5 Å². The van der Waals surface area contributed by atoms with E-state index in [1.807, 2.05) is 43.3 Å². The molecule has 3 rings (SSSR count). The van der Waals surface area contributed by atoms with Crippen LogP contribution in [0.4, 0.5) is 0 Å². The Labute approximate surface area is 164 Å². The van der Waals surface area contributed by atoms with Gasteiger partial charge in [-0.1, -0.05) is 24.3 Å². The molecule has 1 N–H and O–H groups in total. The van der Waals surface area contributed by atoms with Gasteiger partial charge in [-0.2, -0.15) is 0 Å². The summed E-state index contributed by atoms with van der Waals surface area (Å²) >= 11 is 0. The molecule has 2 aromatic carbocycles. The molecule has 6 nitrogen and oxygen atoms in total. The quantitative estimate of drug-likeness (QED) is 0.673. The van der Waals surface area contributed by atoms with Crippen LogP contribution in [0.1, 0.15) is 35.6 Å². The number of carbonyl (C=O) groups excluding carboxylic acids is 1. The van der Waals surface area contributed by atoms with Crippen molar-refractivity contribution in [3.05, 3.63) is 59.4 Å². The predicted molar refractivity (Wildman–Crippen MR) is 111 cm³/mol. The molecule has 0 fully saturated rings. The number of aryl methyl sites for hydroxylation is 1. The zero-order valence-electron chi connectivity index (χ0n) is 16.7. The molecule has 0 unspecified atom stereocenters. The first-order valence-corrected chi connectivity index (χ1v) is 9.24. The largest absolute Gasteiger partial charge is 0.493 e. The molecular weight excluding hydrogens is 354 g/mol. The summed E-state index contributed by atoms with van der Waals surface area (Å²) in [7, 11) is 3.14. The lowest BCUT2D eigenvalue weighted by Gasteiger charge is -2.13. The fourth-order valence-corrected chi connectivity index (χ4v) is 3.30. The van der Waals surface area contributed by atoms with Crippen LogP contribution < -0.4 is 14.8 Å². The number of ether oxygens (including phenoxy) is 2. The van der Waals surface area contributed by atoms with Crippen molar-refractivity contribution in [2.45, 2.75) is 26.9 Å². The highest BCUT2D eigenvalue weighted by Crippen LogP contribution is 2.33. The number of amides is 1. The molecule has 6 heteroatoms. The molecule has 1 amide bonds. The first kappa shape index (κ1) is 19.5. The smallest absolute Gasteiger partial charge is 0.251 e. The van der Waals surface area contributed by atoms with Gasteiger partial charge in [0, 0.05) is 17.7 Å². The van der Waals surface area contributed by atoms with Crippen LogP contribution in [-0.4, -0.2) is 29.7 Å². The molecule has 0 spiro atoms. The fraction of sp³-hybridized carbons (Fsp3) is 0.273. The van der Waals surface area contributed by atoms with E-state index in [9.17, 15) is 4.79 Å². The SMILES string of the molecule is C/C=C/c1cc(C(=O)NCc2nc3ccccc3n2CC)cc(OC)c1OC. The lowest BCUT2D eigenvalue weighted by molar-refractivity contribution is 0.0949. The van der Waals surface area contributed by atoms with E-state index < -0.39 is 0 Å². The van der Waals surface area contributed by atoms with Gasteiger partial charge in [0.1, 0.15) is 5.82 Å². The number of benzene rings is 2. The Morgan fingerprint density at radius 2 is 2.00 bits per heavy atom. The van der Waals surface area contributed by atoms with E-state index in [-0.39, 0.29) is 5.91 Å². The van der Waals surface area contributed by atoms with Gasteiger partial charge in [-0.3, -0.25) is 4.79 Å². The summed E-state index contributed by atoms with van der Waals surface area (Å²) in [5.74, 6) is 1.75. The van der Waals surface area contributed by atoms with Crippen LogP contribution >= 0.6 is 0 Å². The summed E-state index contributed by atoms with van der Waals surface area (Å²) in [5.41, 5.74) is 3.28. The van der Waals surface area contributed by atoms with Crippen LogP contribution in [0, 0.1) is 0 Å². The summed E-state index contributed by atoms with van der Waals surface area (Å²) in [6, 6.07) is 11.4. The second-order valence-electron chi connectivity index (χ2n) is 6.24. The summed E-state index contributed by atoms with van der Waals surface area (Å²) in [6.07, 6.45) is 3.78. The molecule has 0 radical (unpaired) electrons. The van der Waals surface area contributed by atoms with Crippen molar-refractivity contribution in [2.75, 3.05) is 14.2 Å². The minimum atomic E-state index is -0.193. The Bertz CT molecular complexity index is 1020. The number of hydrogen-bond acceptors (Lipinski definition) is 4. The highest BCUT2D eigenvalue weighted by molar-refractivity contribution is 5.96. The molecule has 0 aliphatic heterocycles. The number of para-hydroxylation sites is 2. The Kier molecular flexibility index (Phi) is 5.99. The van der Waals surface area contributed by atoms with E-state index in [2.05, 4.69) is 21.8 Å². The predicted octanol–water partition coefficient (Wildman–Crippen LogP) is 4.04.